The van der Waals surface area contributed by atoms with Gasteiger partial charge in [0.05, 0.1) is 12.9 Å². The van der Waals surface area contributed by atoms with Crippen molar-refractivity contribution < 1.29 is 22.7 Å². The fraction of sp³-hybridized carbons (Fsp3) is 0.818. The standard InChI is InChI=1S/C11H22N2O5S/c1-3-7-12-10(14)6-8-13-19(16,17)9-4-5-11(15)18-2/h13H,3-9H2,1-2H3,(H,12,14). The Balaban J connectivity index is 3.79. The molecule has 0 saturated heterocycles. The van der Waals surface area contributed by atoms with Crippen LogP contribution in [0.15, 0.2) is 0 Å². The van der Waals surface area contributed by atoms with Crippen LogP contribution in [0, 0.1) is 0 Å². The molecule has 7 nitrogen and oxygen atoms in total. The normalized spacial score (nSPS) is 11.1. The van der Waals surface area contributed by atoms with E-state index in [2.05, 4.69) is 14.8 Å². The molecule has 0 radical (unpaired) electrons. The predicted octanol–water partition coefficient (Wildman–Crippen LogP) is -0.225. The molecule has 19 heavy (non-hydrogen) atoms. The van der Waals surface area contributed by atoms with Gasteiger partial charge in [0.15, 0.2) is 0 Å². The highest BCUT2D eigenvalue weighted by atomic mass is 32.2. The summed E-state index contributed by atoms with van der Waals surface area (Å²) in [4.78, 5) is 22.0. The molecule has 0 bridgehead atoms. The monoisotopic (exact) mass is 294 g/mol. The number of ether oxygens (including phenoxy) is 1. The summed E-state index contributed by atoms with van der Waals surface area (Å²) in [6.07, 6.45) is 1.21. The Bertz CT molecular complexity index is 381. The molecule has 0 fully saturated rings. The van der Waals surface area contributed by atoms with Crippen molar-refractivity contribution in [3.05, 3.63) is 0 Å². The SMILES string of the molecule is CCCNC(=O)CCNS(=O)(=O)CCCC(=O)OC. The summed E-state index contributed by atoms with van der Waals surface area (Å²) in [6, 6.07) is 0. The highest BCUT2D eigenvalue weighted by Crippen LogP contribution is 1.96. The lowest BCUT2D eigenvalue weighted by Gasteiger charge is -2.06. The van der Waals surface area contributed by atoms with Gasteiger partial charge < -0.3 is 10.1 Å². The highest BCUT2D eigenvalue weighted by Gasteiger charge is 2.12. The van der Waals surface area contributed by atoms with Crippen molar-refractivity contribution in [1.29, 1.82) is 0 Å². The van der Waals surface area contributed by atoms with Crippen LogP contribution in [0.1, 0.15) is 32.6 Å². The first-order valence-electron chi connectivity index (χ1n) is 6.22. The third kappa shape index (κ3) is 10.5. The lowest BCUT2D eigenvalue weighted by atomic mass is 10.3. The van der Waals surface area contributed by atoms with E-state index in [0.717, 1.165) is 6.42 Å². The number of carbonyl (C=O) groups excluding carboxylic acids is 2. The molecule has 0 heterocycles. The fourth-order valence-electron chi connectivity index (χ4n) is 1.25. The molecule has 0 aliphatic carbocycles. The number of sulfonamides is 1. The molecule has 0 saturated carbocycles. The molecule has 0 aromatic rings. The molecular formula is C11H22N2O5S. The van der Waals surface area contributed by atoms with Gasteiger partial charge in [-0.2, -0.15) is 0 Å². The van der Waals surface area contributed by atoms with E-state index in [1.165, 1.54) is 7.11 Å². The minimum atomic E-state index is -3.44. The first kappa shape index (κ1) is 17.8. The number of esters is 1. The van der Waals surface area contributed by atoms with E-state index in [-0.39, 0.29) is 37.5 Å². The molecule has 2 N–H and O–H groups in total. The van der Waals surface area contributed by atoms with Gasteiger partial charge >= 0.3 is 5.97 Å². The first-order chi connectivity index (χ1) is 8.91. The van der Waals surface area contributed by atoms with Crippen molar-refractivity contribution in [3.8, 4) is 0 Å². The molecule has 0 rings (SSSR count). The number of rotatable bonds is 10. The number of amides is 1. The van der Waals surface area contributed by atoms with Crippen LogP contribution >= 0.6 is 0 Å². The maximum absolute atomic E-state index is 11.5. The first-order valence-corrected chi connectivity index (χ1v) is 7.87. The van der Waals surface area contributed by atoms with Gasteiger partial charge in [0.2, 0.25) is 15.9 Å². The summed E-state index contributed by atoms with van der Waals surface area (Å²) in [5.41, 5.74) is 0. The Morgan fingerprint density at radius 3 is 2.42 bits per heavy atom. The van der Waals surface area contributed by atoms with E-state index in [9.17, 15) is 18.0 Å². The van der Waals surface area contributed by atoms with Crippen molar-refractivity contribution in [2.75, 3.05) is 26.0 Å². The average molecular weight is 294 g/mol. The molecule has 112 valence electrons. The number of methoxy groups -OCH3 is 1. The molecule has 0 spiro atoms. The van der Waals surface area contributed by atoms with Crippen LogP contribution in [0.5, 0.6) is 0 Å². The van der Waals surface area contributed by atoms with Gasteiger partial charge in [0.25, 0.3) is 0 Å². The Morgan fingerprint density at radius 2 is 1.84 bits per heavy atom. The summed E-state index contributed by atoms with van der Waals surface area (Å²) in [5, 5.41) is 2.65. The quantitative estimate of drug-likeness (QED) is 0.542. The number of hydrogen-bond acceptors (Lipinski definition) is 5. The molecular weight excluding hydrogens is 272 g/mol. The second-order valence-electron chi connectivity index (χ2n) is 3.99. The summed E-state index contributed by atoms with van der Waals surface area (Å²) < 4.78 is 29.7. The number of hydrogen-bond donors (Lipinski definition) is 2. The van der Waals surface area contributed by atoms with Crippen LogP contribution in [-0.4, -0.2) is 46.2 Å². The second-order valence-corrected chi connectivity index (χ2v) is 5.92. The lowest BCUT2D eigenvalue weighted by Crippen LogP contribution is -2.32. The third-order valence-electron chi connectivity index (χ3n) is 2.27. The zero-order valence-corrected chi connectivity index (χ0v) is 12.2. The van der Waals surface area contributed by atoms with Crippen molar-refractivity contribution >= 4 is 21.9 Å². The van der Waals surface area contributed by atoms with Crippen molar-refractivity contribution in [1.82, 2.24) is 10.0 Å². The largest absolute Gasteiger partial charge is 0.469 e. The molecule has 0 aromatic carbocycles. The average Bonchev–Trinajstić information content (AvgIpc) is 2.35. The molecule has 8 heteroatoms. The smallest absolute Gasteiger partial charge is 0.305 e. The Kier molecular flexibility index (Phi) is 9.15. The van der Waals surface area contributed by atoms with Crippen LogP contribution in [0.2, 0.25) is 0 Å². The Morgan fingerprint density at radius 1 is 1.16 bits per heavy atom. The number of carbonyl (C=O) groups is 2. The summed E-state index contributed by atoms with van der Waals surface area (Å²) in [7, 11) is -2.19. The third-order valence-corrected chi connectivity index (χ3v) is 3.74. The molecule has 1 amide bonds. The predicted molar refractivity (Wildman–Crippen MR) is 71.0 cm³/mol. The van der Waals surface area contributed by atoms with E-state index in [4.69, 9.17) is 0 Å². The maximum atomic E-state index is 11.5. The molecule has 0 aliphatic rings. The van der Waals surface area contributed by atoms with Crippen LogP contribution in [-0.2, 0) is 24.3 Å². The van der Waals surface area contributed by atoms with Crippen molar-refractivity contribution in [2.45, 2.75) is 32.6 Å². The number of nitrogens with one attached hydrogen (secondary N) is 2. The van der Waals surface area contributed by atoms with Gasteiger partial charge in [-0.05, 0) is 12.8 Å². The zero-order chi connectivity index (χ0) is 14.7. The van der Waals surface area contributed by atoms with Gasteiger partial charge in [-0.25, -0.2) is 13.1 Å². The van der Waals surface area contributed by atoms with Gasteiger partial charge in [-0.3, -0.25) is 9.59 Å². The molecule has 0 atom stereocenters. The minimum absolute atomic E-state index is 0.0639. The van der Waals surface area contributed by atoms with Crippen molar-refractivity contribution in [2.24, 2.45) is 0 Å². The molecule has 0 aliphatic heterocycles. The van der Waals surface area contributed by atoms with Gasteiger partial charge in [-0.1, -0.05) is 6.92 Å². The second kappa shape index (κ2) is 9.74. The van der Waals surface area contributed by atoms with E-state index >= 15 is 0 Å². The lowest BCUT2D eigenvalue weighted by molar-refractivity contribution is -0.140. The van der Waals surface area contributed by atoms with Crippen LogP contribution in [0.25, 0.3) is 0 Å². The van der Waals surface area contributed by atoms with E-state index in [1.54, 1.807) is 0 Å². The summed E-state index contributed by atoms with van der Waals surface area (Å²) in [6.45, 7) is 2.59. The fourth-order valence-corrected chi connectivity index (χ4v) is 2.34. The summed E-state index contributed by atoms with van der Waals surface area (Å²) >= 11 is 0. The van der Waals surface area contributed by atoms with Crippen LogP contribution in [0.4, 0.5) is 0 Å². The molecule has 0 unspecified atom stereocenters. The minimum Gasteiger partial charge on any atom is -0.469 e. The zero-order valence-electron chi connectivity index (χ0n) is 11.4. The Labute approximate surface area is 114 Å². The van der Waals surface area contributed by atoms with E-state index in [0.29, 0.717) is 6.54 Å². The Hall–Kier alpha value is -1.15. The van der Waals surface area contributed by atoms with Gasteiger partial charge in [-0.15, -0.1) is 0 Å². The van der Waals surface area contributed by atoms with Crippen LogP contribution < -0.4 is 10.0 Å². The van der Waals surface area contributed by atoms with Crippen LogP contribution in [0.3, 0.4) is 0 Å². The summed E-state index contributed by atoms with van der Waals surface area (Å²) in [5.74, 6) is -0.771. The van der Waals surface area contributed by atoms with E-state index in [1.807, 2.05) is 6.92 Å². The maximum Gasteiger partial charge on any atom is 0.305 e. The van der Waals surface area contributed by atoms with Gasteiger partial charge in [0.1, 0.15) is 0 Å². The molecule has 0 aromatic heterocycles. The van der Waals surface area contributed by atoms with Gasteiger partial charge in [0, 0.05) is 25.9 Å². The highest BCUT2D eigenvalue weighted by molar-refractivity contribution is 7.89. The van der Waals surface area contributed by atoms with Crippen molar-refractivity contribution in [3.63, 3.8) is 0 Å². The topological polar surface area (TPSA) is 102 Å². The van der Waals surface area contributed by atoms with E-state index < -0.39 is 16.0 Å².